The van der Waals surface area contributed by atoms with Gasteiger partial charge in [-0.25, -0.2) is 4.79 Å². The molecule has 0 saturated carbocycles. The number of hydrogen-bond acceptors (Lipinski definition) is 5. The maximum absolute atomic E-state index is 12.7. The molecule has 3 N–H and O–H groups in total. The molecule has 140 valence electrons. The summed E-state index contributed by atoms with van der Waals surface area (Å²) < 4.78 is 4.99. The monoisotopic (exact) mass is 361 g/mol. The van der Waals surface area contributed by atoms with E-state index in [9.17, 15) is 19.5 Å². The Morgan fingerprint density at radius 2 is 2.04 bits per heavy atom. The number of hydrogen-bond donors (Lipinski definition) is 3. The molecule has 8 nitrogen and oxygen atoms in total. The smallest absolute Gasteiger partial charge is 0.322 e. The van der Waals surface area contributed by atoms with Crippen LogP contribution in [-0.2, 0) is 4.79 Å². The van der Waals surface area contributed by atoms with Gasteiger partial charge in [-0.3, -0.25) is 14.9 Å². The number of benzene rings is 1. The average molecular weight is 361 g/mol. The molecule has 1 aromatic rings. The Kier molecular flexibility index (Phi) is 4.76. The first-order valence-electron chi connectivity index (χ1n) is 8.71. The van der Waals surface area contributed by atoms with Gasteiger partial charge in [0.2, 0.25) is 0 Å². The molecule has 0 bridgehead atoms. The lowest BCUT2D eigenvalue weighted by molar-refractivity contribution is -0.126. The third kappa shape index (κ3) is 2.95. The molecule has 0 unspecified atom stereocenters. The number of carbonyl (C=O) groups excluding carboxylic acids is 3. The van der Waals surface area contributed by atoms with E-state index >= 15 is 0 Å². The molecule has 2 fully saturated rings. The quantitative estimate of drug-likeness (QED) is 0.700. The predicted octanol–water partition coefficient (Wildman–Crippen LogP) is 1.24. The van der Waals surface area contributed by atoms with E-state index < -0.39 is 11.6 Å². The lowest BCUT2D eigenvalue weighted by Crippen LogP contribution is -2.56. The zero-order valence-electron chi connectivity index (χ0n) is 14.9. The fraction of sp³-hybridized carbons (Fsp3) is 0.500. The lowest BCUT2D eigenvalue weighted by atomic mass is 9.76. The van der Waals surface area contributed by atoms with E-state index in [2.05, 4.69) is 10.6 Å². The topological polar surface area (TPSA) is 108 Å². The van der Waals surface area contributed by atoms with Gasteiger partial charge in [-0.15, -0.1) is 0 Å². The normalized spacial score (nSPS) is 23.5. The van der Waals surface area contributed by atoms with Gasteiger partial charge in [0.25, 0.3) is 11.8 Å². The SMILES string of the molecule is CC[C@]1(C2CCN(C(=O)c3ccc(OC)c(O)c3)CC2)NC(=O)NC1=O. The number of phenols is 1. The Morgan fingerprint density at radius 1 is 1.35 bits per heavy atom. The van der Waals surface area contributed by atoms with Gasteiger partial charge in [0.15, 0.2) is 11.5 Å². The van der Waals surface area contributed by atoms with Crippen molar-refractivity contribution in [1.82, 2.24) is 15.5 Å². The van der Waals surface area contributed by atoms with Crippen LogP contribution in [0.3, 0.4) is 0 Å². The summed E-state index contributed by atoms with van der Waals surface area (Å²) in [7, 11) is 1.45. The van der Waals surface area contributed by atoms with Gasteiger partial charge >= 0.3 is 6.03 Å². The molecule has 3 rings (SSSR count). The van der Waals surface area contributed by atoms with Crippen molar-refractivity contribution in [3.63, 3.8) is 0 Å². The van der Waals surface area contributed by atoms with Gasteiger partial charge in [0, 0.05) is 18.7 Å². The Labute approximate surface area is 151 Å². The van der Waals surface area contributed by atoms with E-state index in [-0.39, 0.29) is 23.5 Å². The summed E-state index contributed by atoms with van der Waals surface area (Å²) in [6.45, 7) is 2.85. The van der Waals surface area contributed by atoms with Gasteiger partial charge in [-0.05, 0) is 43.4 Å². The standard InChI is InChI=1S/C18H23N3O5/c1-3-18(16(24)19-17(25)20-18)12-6-8-21(9-7-12)15(23)11-4-5-14(26-2)13(22)10-11/h4-5,10,12,22H,3,6-9H2,1-2H3,(H2,19,20,24,25)/t18-/m1/s1. The van der Waals surface area contributed by atoms with Crippen molar-refractivity contribution in [2.75, 3.05) is 20.2 Å². The van der Waals surface area contributed by atoms with Gasteiger partial charge in [-0.1, -0.05) is 6.92 Å². The molecular weight excluding hydrogens is 338 g/mol. The van der Waals surface area contributed by atoms with Crippen LogP contribution in [0.5, 0.6) is 11.5 Å². The number of ether oxygens (including phenoxy) is 1. The van der Waals surface area contributed by atoms with Crippen molar-refractivity contribution < 1.29 is 24.2 Å². The molecule has 0 aromatic heterocycles. The van der Waals surface area contributed by atoms with E-state index in [1.54, 1.807) is 17.0 Å². The van der Waals surface area contributed by atoms with E-state index in [4.69, 9.17) is 4.74 Å². The number of nitrogens with one attached hydrogen (secondary N) is 2. The molecule has 2 heterocycles. The van der Waals surface area contributed by atoms with E-state index in [1.807, 2.05) is 6.92 Å². The van der Waals surface area contributed by atoms with Crippen LogP contribution >= 0.6 is 0 Å². The summed E-state index contributed by atoms with van der Waals surface area (Å²) in [6, 6.07) is 4.11. The van der Waals surface area contributed by atoms with Crippen LogP contribution in [0.25, 0.3) is 0 Å². The number of carbonyl (C=O) groups is 3. The number of urea groups is 1. The third-order valence-electron chi connectivity index (χ3n) is 5.43. The summed E-state index contributed by atoms with van der Waals surface area (Å²) in [4.78, 5) is 38.2. The molecule has 0 radical (unpaired) electrons. The lowest BCUT2D eigenvalue weighted by Gasteiger charge is -2.40. The Hall–Kier alpha value is -2.77. The first-order valence-corrected chi connectivity index (χ1v) is 8.71. The van der Waals surface area contributed by atoms with Crippen LogP contribution in [0.2, 0.25) is 0 Å². The number of piperidine rings is 1. The minimum absolute atomic E-state index is 0.0210. The number of nitrogens with zero attached hydrogens (tertiary/aromatic N) is 1. The summed E-state index contributed by atoms with van der Waals surface area (Å²) in [5.74, 6) is -0.245. The third-order valence-corrected chi connectivity index (χ3v) is 5.43. The number of amides is 4. The fourth-order valence-electron chi connectivity index (χ4n) is 3.91. The molecule has 26 heavy (non-hydrogen) atoms. The summed E-state index contributed by atoms with van der Waals surface area (Å²) in [5, 5.41) is 15.0. The van der Waals surface area contributed by atoms with E-state index in [1.165, 1.54) is 13.2 Å². The van der Waals surface area contributed by atoms with Crippen molar-refractivity contribution in [2.24, 2.45) is 5.92 Å². The number of rotatable bonds is 4. The number of aromatic hydroxyl groups is 1. The van der Waals surface area contributed by atoms with Crippen LogP contribution < -0.4 is 15.4 Å². The van der Waals surface area contributed by atoms with Crippen LogP contribution in [0.4, 0.5) is 4.79 Å². The molecule has 1 atom stereocenters. The molecule has 2 aliphatic rings. The van der Waals surface area contributed by atoms with Crippen molar-refractivity contribution in [2.45, 2.75) is 31.7 Å². The first kappa shape index (κ1) is 18.0. The zero-order valence-corrected chi connectivity index (χ0v) is 14.9. The Morgan fingerprint density at radius 3 is 2.54 bits per heavy atom. The molecule has 2 aliphatic heterocycles. The van der Waals surface area contributed by atoms with Crippen LogP contribution in [0, 0.1) is 5.92 Å². The zero-order chi connectivity index (χ0) is 18.9. The Balaban J connectivity index is 1.68. The molecule has 4 amide bonds. The average Bonchev–Trinajstić information content (AvgIpc) is 2.95. The van der Waals surface area contributed by atoms with Crippen molar-refractivity contribution in [1.29, 1.82) is 0 Å². The van der Waals surface area contributed by atoms with Gasteiger partial charge in [-0.2, -0.15) is 0 Å². The molecule has 8 heteroatoms. The maximum Gasteiger partial charge on any atom is 0.322 e. The fourth-order valence-corrected chi connectivity index (χ4v) is 3.91. The van der Waals surface area contributed by atoms with Crippen molar-refractivity contribution in [3.05, 3.63) is 23.8 Å². The van der Waals surface area contributed by atoms with Crippen molar-refractivity contribution in [3.8, 4) is 11.5 Å². The highest BCUT2D eigenvalue weighted by molar-refractivity contribution is 6.07. The second kappa shape index (κ2) is 6.86. The maximum atomic E-state index is 12.7. The number of imide groups is 1. The van der Waals surface area contributed by atoms with E-state index in [0.717, 1.165) is 0 Å². The molecular formula is C18H23N3O5. The minimum Gasteiger partial charge on any atom is -0.504 e. The number of phenolic OH excluding ortho intramolecular Hbond substituents is 1. The minimum atomic E-state index is -0.884. The van der Waals surface area contributed by atoms with Gasteiger partial charge < -0.3 is 20.1 Å². The highest BCUT2D eigenvalue weighted by atomic mass is 16.5. The van der Waals surface area contributed by atoms with Gasteiger partial charge in [0.1, 0.15) is 5.54 Å². The summed E-state index contributed by atoms with van der Waals surface area (Å²) in [6.07, 6.45) is 1.75. The van der Waals surface area contributed by atoms with Crippen LogP contribution in [0.1, 0.15) is 36.5 Å². The summed E-state index contributed by atoms with van der Waals surface area (Å²) in [5.41, 5.74) is -0.496. The van der Waals surface area contributed by atoms with Gasteiger partial charge in [0.05, 0.1) is 7.11 Å². The van der Waals surface area contributed by atoms with Crippen LogP contribution in [0.15, 0.2) is 18.2 Å². The second-order valence-corrected chi connectivity index (χ2v) is 6.69. The highest BCUT2D eigenvalue weighted by Gasteiger charge is 2.51. The predicted molar refractivity (Wildman–Crippen MR) is 93.0 cm³/mol. The summed E-state index contributed by atoms with van der Waals surface area (Å²) >= 11 is 0. The highest BCUT2D eigenvalue weighted by Crippen LogP contribution is 2.34. The van der Waals surface area contributed by atoms with Crippen molar-refractivity contribution >= 4 is 17.8 Å². The molecule has 1 aromatic carbocycles. The second-order valence-electron chi connectivity index (χ2n) is 6.69. The van der Waals surface area contributed by atoms with Crippen LogP contribution in [-0.4, -0.2) is 53.6 Å². The largest absolute Gasteiger partial charge is 0.504 e. The van der Waals surface area contributed by atoms with E-state index in [0.29, 0.717) is 43.7 Å². The molecule has 0 spiro atoms. The molecule has 2 saturated heterocycles. The Bertz CT molecular complexity index is 742. The first-order chi connectivity index (χ1) is 12.4. The number of methoxy groups -OCH3 is 1. The number of likely N-dealkylation sites (tertiary alicyclic amines) is 1. The molecule has 0 aliphatic carbocycles.